The van der Waals surface area contributed by atoms with Crippen LogP contribution in [0.3, 0.4) is 0 Å². The first-order valence-electron chi connectivity index (χ1n) is 8.49. The Kier molecular flexibility index (Phi) is 6.54. The molecule has 2 aromatic rings. The van der Waals surface area contributed by atoms with Gasteiger partial charge in [0.25, 0.3) is 0 Å². The lowest BCUT2D eigenvalue weighted by Crippen LogP contribution is -2.40. The number of morpholine rings is 1. The van der Waals surface area contributed by atoms with Crippen molar-refractivity contribution in [3.05, 3.63) is 59.7 Å². The molecule has 8 heteroatoms. The highest BCUT2D eigenvalue weighted by atomic mass is 32.2. The van der Waals surface area contributed by atoms with E-state index < -0.39 is 16.0 Å². The number of benzene rings is 2. The van der Waals surface area contributed by atoms with Crippen LogP contribution in [-0.2, 0) is 26.1 Å². The first-order valence-corrected chi connectivity index (χ1v) is 11.2. The molecular formula is C19H21NO5S2. The molecule has 144 valence electrons. The molecule has 0 radical (unpaired) electrons. The molecule has 2 aromatic carbocycles. The molecule has 0 unspecified atom stereocenters. The van der Waals surface area contributed by atoms with Gasteiger partial charge in [-0.3, -0.25) is 0 Å². The second-order valence-corrected chi connectivity index (χ2v) is 8.79. The first-order chi connectivity index (χ1) is 13.0. The second-order valence-electron chi connectivity index (χ2n) is 5.97. The van der Waals surface area contributed by atoms with E-state index >= 15 is 0 Å². The maximum atomic E-state index is 12.7. The van der Waals surface area contributed by atoms with Crippen molar-refractivity contribution in [3.63, 3.8) is 0 Å². The molecule has 1 heterocycles. The zero-order valence-corrected chi connectivity index (χ0v) is 16.6. The van der Waals surface area contributed by atoms with Crippen molar-refractivity contribution in [1.82, 2.24) is 4.31 Å². The standard InChI is InChI=1S/C19H21NO5S2/c1-26-17-7-5-15(6-8-17)14-25-19(21)16-3-2-4-18(13-16)27(22,23)20-9-11-24-12-10-20/h2-8,13H,9-12,14H2,1H3. The highest BCUT2D eigenvalue weighted by molar-refractivity contribution is 7.98. The van der Waals surface area contributed by atoms with Gasteiger partial charge in [-0.1, -0.05) is 18.2 Å². The summed E-state index contributed by atoms with van der Waals surface area (Å²) < 4.78 is 37.3. The van der Waals surface area contributed by atoms with Gasteiger partial charge in [0.2, 0.25) is 10.0 Å². The molecule has 0 amide bonds. The number of ether oxygens (including phenoxy) is 2. The maximum absolute atomic E-state index is 12.7. The molecule has 1 saturated heterocycles. The van der Waals surface area contributed by atoms with Crippen LogP contribution < -0.4 is 0 Å². The molecule has 0 atom stereocenters. The van der Waals surface area contributed by atoms with Gasteiger partial charge in [-0.2, -0.15) is 4.31 Å². The van der Waals surface area contributed by atoms with Gasteiger partial charge in [-0.25, -0.2) is 13.2 Å². The third kappa shape index (κ3) is 4.90. The van der Waals surface area contributed by atoms with E-state index in [1.165, 1.54) is 16.4 Å². The van der Waals surface area contributed by atoms with Crippen LogP contribution in [0.25, 0.3) is 0 Å². The van der Waals surface area contributed by atoms with Crippen LogP contribution >= 0.6 is 11.8 Å². The highest BCUT2D eigenvalue weighted by Crippen LogP contribution is 2.19. The molecule has 6 nitrogen and oxygen atoms in total. The number of thioether (sulfide) groups is 1. The van der Waals surface area contributed by atoms with Gasteiger partial charge in [0.05, 0.1) is 23.7 Å². The third-order valence-electron chi connectivity index (χ3n) is 4.21. The van der Waals surface area contributed by atoms with E-state index in [0.29, 0.717) is 26.3 Å². The zero-order chi connectivity index (χ0) is 19.3. The Morgan fingerprint density at radius 1 is 1.15 bits per heavy atom. The summed E-state index contributed by atoms with van der Waals surface area (Å²) in [6, 6.07) is 13.7. The maximum Gasteiger partial charge on any atom is 0.338 e. The van der Waals surface area contributed by atoms with E-state index in [4.69, 9.17) is 9.47 Å². The van der Waals surface area contributed by atoms with Gasteiger partial charge in [-0.15, -0.1) is 11.8 Å². The summed E-state index contributed by atoms with van der Waals surface area (Å²) in [6.07, 6.45) is 1.99. The number of esters is 1. The predicted molar refractivity (Wildman–Crippen MR) is 103 cm³/mol. The fourth-order valence-corrected chi connectivity index (χ4v) is 4.54. The number of carbonyl (C=O) groups excluding carboxylic acids is 1. The minimum atomic E-state index is -3.65. The quantitative estimate of drug-likeness (QED) is 0.542. The van der Waals surface area contributed by atoms with Crippen molar-refractivity contribution in [3.8, 4) is 0 Å². The van der Waals surface area contributed by atoms with Gasteiger partial charge in [0, 0.05) is 18.0 Å². The SMILES string of the molecule is CSc1ccc(COC(=O)c2cccc(S(=O)(=O)N3CCOCC3)c2)cc1. The number of sulfonamides is 1. The lowest BCUT2D eigenvalue weighted by atomic mass is 10.2. The molecule has 3 rings (SSSR count). The normalized spacial score (nSPS) is 15.4. The summed E-state index contributed by atoms with van der Waals surface area (Å²) in [5, 5.41) is 0. The van der Waals surface area contributed by atoms with Gasteiger partial charge >= 0.3 is 5.97 Å². The lowest BCUT2D eigenvalue weighted by Gasteiger charge is -2.26. The molecule has 0 saturated carbocycles. The van der Waals surface area contributed by atoms with E-state index in [2.05, 4.69) is 0 Å². The minimum absolute atomic E-state index is 0.0863. The first kappa shape index (κ1) is 19.9. The van der Waals surface area contributed by atoms with Crippen molar-refractivity contribution in [2.45, 2.75) is 16.4 Å². The average molecular weight is 408 g/mol. The Hall–Kier alpha value is -1.87. The molecule has 0 aromatic heterocycles. The summed E-state index contributed by atoms with van der Waals surface area (Å²) in [5.74, 6) is -0.553. The molecular weight excluding hydrogens is 386 g/mol. The minimum Gasteiger partial charge on any atom is -0.457 e. The van der Waals surface area contributed by atoms with Crippen molar-refractivity contribution in [1.29, 1.82) is 0 Å². The highest BCUT2D eigenvalue weighted by Gasteiger charge is 2.27. The van der Waals surface area contributed by atoms with Crippen molar-refractivity contribution in [2.75, 3.05) is 32.6 Å². The van der Waals surface area contributed by atoms with Gasteiger partial charge in [-0.05, 0) is 42.2 Å². The summed E-state index contributed by atoms with van der Waals surface area (Å²) >= 11 is 1.64. The number of rotatable bonds is 6. The van der Waals surface area contributed by atoms with E-state index in [-0.39, 0.29) is 17.1 Å². The molecule has 0 spiro atoms. The lowest BCUT2D eigenvalue weighted by molar-refractivity contribution is 0.0472. The van der Waals surface area contributed by atoms with E-state index in [1.807, 2.05) is 30.5 Å². The number of carbonyl (C=O) groups is 1. The molecule has 0 N–H and O–H groups in total. The van der Waals surface area contributed by atoms with Crippen LogP contribution in [0.15, 0.2) is 58.3 Å². The van der Waals surface area contributed by atoms with E-state index in [1.54, 1.807) is 23.9 Å². The van der Waals surface area contributed by atoms with Gasteiger partial charge in [0.1, 0.15) is 6.61 Å². The van der Waals surface area contributed by atoms with Gasteiger partial charge < -0.3 is 9.47 Å². The molecule has 1 aliphatic heterocycles. The van der Waals surface area contributed by atoms with Crippen LogP contribution in [0.4, 0.5) is 0 Å². The summed E-state index contributed by atoms with van der Waals surface area (Å²) in [4.78, 5) is 13.6. The molecule has 1 fully saturated rings. The Morgan fingerprint density at radius 2 is 1.85 bits per heavy atom. The smallest absolute Gasteiger partial charge is 0.338 e. The van der Waals surface area contributed by atoms with Crippen LogP contribution in [0.5, 0.6) is 0 Å². The molecule has 27 heavy (non-hydrogen) atoms. The largest absolute Gasteiger partial charge is 0.457 e. The molecule has 0 bridgehead atoms. The van der Waals surface area contributed by atoms with Crippen LogP contribution in [0, 0.1) is 0 Å². The Morgan fingerprint density at radius 3 is 2.52 bits per heavy atom. The van der Waals surface area contributed by atoms with Crippen LogP contribution in [0.2, 0.25) is 0 Å². The van der Waals surface area contributed by atoms with Crippen molar-refractivity contribution in [2.24, 2.45) is 0 Å². The number of hydrogen-bond acceptors (Lipinski definition) is 6. The summed E-state index contributed by atoms with van der Waals surface area (Å²) in [7, 11) is -3.65. The van der Waals surface area contributed by atoms with E-state index in [9.17, 15) is 13.2 Å². The Balaban J connectivity index is 1.69. The second kappa shape index (κ2) is 8.88. The van der Waals surface area contributed by atoms with Crippen LogP contribution in [-0.4, -0.2) is 51.3 Å². The summed E-state index contributed by atoms with van der Waals surface area (Å²) in [6.45, 7) is 1.49. The fraction of sp³-hybridized carbons (Fsp3) is 0.316. The topological polar surface area (TPSA) is 72.9 Å². The van der Waals surface area contributed by atoms with Crippen molar-refractivity contribution >= 4 is 27.8 Å². The van der Waals surface area contributed by atoms with E-state index in [0.717, 1.165) is 10.5 Å². The third-order valence-corrected chi connectivity index (χ3v) is 6.84. The molecule has 1 aliphatic rings. The predicted octanol–water partition coefficient (Wildman–Crippen LogP) is 2.79. The average Bonchev–Trinajstić information content (AvgIpc) is 2.73. The van der Waals surface area contributed by atoms with Gasteiger partial charge in [0.15, 0.2) is 0 Å². The van der Waals surface area contributed by atoms with Crippen LogP contribution in [0.1, 0.15) is 15.9 Å². The van der Waals surface area contributed by atoms with Crippen molar-refractivity contribution < 1.29 is 22.7 Å². The number of nitrogens with zero attached hydrogens (tertiary/aromatic N) is 1. The zero-order valence-electron chi connectivity index (χ0n) is 15.0. The fourth-order valence-electron chi connectivity index (χ4n) is 2.67. The monoisotopic (exact) mass is 407 g/mol. The Bertz CT molecular complexity index is 891. The number of hydrogen-bond donors (Lipinski definition) is 0. The Labute approximate surface area is 163 Å². The molecule has 0 aliphatic carbocycles. The summed E-state index contributed by atoms with van der Waals surface area (Å²) in [5.41, 5.74) is 1.09.